The van der Waals surface area contributed by atoms with Gasteiger partial charge in [0, 0.05) is 6.42 Å². The van der Waals surface area contributed by atoms with Crippen molar-refractivity contribution in [2.75, 3.05) is 6.54 Å². The molecule has 0 bridgehead atoms. The van der Waals surface area contributed by atoms with Crippen molar-refractivity contribution >= 4 is 43.6 Å². The number of alkyl halides is 1. The molecule has 0 aliphatic carbocycles. The number of aromatic amines is 1. The van der Waals surface area contributed by atoms with Crippen LogP contribution in [0.15, 0.2) is 14.6 Å². The predicted octanol–water partition coefficient (Wildman–Crippen LogP) is 3.71. The van der Waals surface area contributed by atoms with Crippen molar-refractivity contribution < 1.29 is 14.3 Å². The van der Waals surface area contributed by atoms with Crippen LogP contribution in [0.25, 0.3) is 10.2 Å². The highest BCUT2D eigenvalue weighted by atomic mass is 79.9. The van der Waals surface area contributed by atoms with Gasteiger partial charge in [-0.2, -0.15) is 0 Å². The predicted molar refractivity (Wildman–Crippen MR) is 93.3 cm³/mol. The first-order chi connectivity index (χ1) is 11.1. The van der Waals surface area contributed by atoms with Crippen molar-refractivity contribution in [2.24, 2.45) is 5.41 Å². The average molecular weight is 418 g/mol. The summed E-state index contributed by atoms with van der Waals surface area (Å²) in [5, 5.41) is 9.61. The number of amides is 1. The smallest absolute Gasteiger partial charge is 0.408 e. The van der Waals surface area contributed by atoms with E-state index in [1.807, 2.05) is 20.8 Å². The first-order valence-electron chi connectivity index (χ1n) is 7.41. The Morgan fingerprint density at radius 2 is 2.25 bits per heavy atom. The van der Waals surface area contributed by atoms with Gasteiger partial charge in [-0.25, -0.2) is 14.2 Å². The summed E-state index contributed by atoms with van der Waals surface area (Å²) in [6.07, 6.45) is -2.57. The first kappa shape index (κ1) is 17.3. The van der Waals surface area contributed by atoms with Crippen LogP contribution in [0, 0.1) is 5.41 Å². The van der Waals surface area contributed by atoms with Crippen LogP contribution in [-0.2, 0) is 5.54 Å². The molecule has 0 spiro atoms. The van der Waals surface area contributed by atoms with E-state index >= 15 is 0 Å². The normalized spacial score (nSPS) is 24.7. The van der Waals surface area contributed by atoms with Gasteiger partial charge in [-0.05, 0) is 27.4 Å². The molecule has 0 unspecified atom stereocenters. The minimum Gasteiger partial charge on any atom is -0.465 e. The third kappa shape index (κ3) is 2.45. The molecule has 24 heavy (non-hydrogen) atoms. The average Bonchev–Trinajstić information content (AvgIpc) is 2.98. The SMILES string of the molecule is CC(C)(C)[C@]1(c2nc3cc(Br)sc3c(=O)[nH]2)C[C@H](F)CN1C(=O)O. The lowest BCUT2D eigenvalue weighted by Crippen LogP contribution is -2.54. The Morgan fingerprint density at radius 3 is 2.83 bits per heavy atom. The van der Waals surface area contributed by atoms with E-state index in [2.05, 4.69) is 25.9 Å². The van der Waals surface area contributed by atoms with Crippen molar-refractivity contribution in [3.8, 4) is 0 Å². The lowest BCUT2D eigenvalue weighted by atomic mass is 9.71. The number of H-pyrrole nitrogens is 1. The number of carboxylic acid groups (broad SMARTS) is 1. The number of fused-ring (bicyclic) bond motifs is 1. The Hall–Kier alpha value is -1.48. The van der Waals surface area contributed by atoms with Crippen molar-refractivity contribution in [1.82, 2.24) is 14.9 Å². The second-order valence-electron chi connectivity index (χ2n) is 6.98. The molecule has 130 valence electrons. The first-order valence-corrected chi connectivity index (χ1v) is 9.01. The number of aromatic nitrogens is 2. The number of likely N-dealkylation sites (tertiary alicyclic amines) is 1. The van der Waals surface area contributed by atoms with E-state index in [4.69, 9.17) is 0 Å². The van der Waals surface area contributed by atoms with Crippen molar-refractivity contribution in [2.45, 2.75) is 38.9 Å². The zero-order valence-electron chi connectivity index (χ0n) is 13.4. The van der Waals surface area contributed by atoms with E-state index in [0.717, 1.165) is 8.69 Å². The van der Waals surface area contributed by atoms with Gasteiger partial charge < -0.3 is 10.1 Å². The van der Waals surface area contributed by atoms with Gasteiger partial charge in [-0.3, -0.25) is 9.69 Å². The topological polar surface area (TPSA) is 86.3 Å². The van der Waals surface area contributed by atoms with Gasteiger partial charge >= 0.3 is 6.09 Å². The highest BCUT2D eigenvalue weighted by Gasteiger charge is 2.58. The number of hydrogen-bond donors (Lipinski definition) is 2. The molecule has 6 nitrogen and oxygen atoms in total. The van der Waals surface area contributed by atoms with E-state index in [1.165, 1.54) is 11.3 Å². The highest BCUT2D eigenvalue weighted by molar-refractivity contribution is 9.11. The maximum absolute atomic E-state index is 14.2. The highest BCUT2D eigenvalue weighted by Crippen LogP contribution is 2.50. The maximum atomic E-state index is 14.2. The van der Waals surface area contributed by atoms with Crippen LogP contribution >= 0.6 is 27.3 Å². The summed E-state index contributed by atoms with van der Waals surface area (Å²) < 4.78 is 15.4. The Balaban J connectivity index is 2.32. The largest absolute Gasteiger partial charge is 0.465 e. The molecule has 2 N–H and O–H groups in total. The standard InChI is InChI=1S/C15H17BrFN3O3S/c1-14(2,3)15(5-7(17)6-20(15)13(22)23)12-18-8-4-9(16)24-10(8)11(21)19-12/h4,7H,5-6H2,1-3H3,(H,22,23)(H,18,19,21)/t7-,15+/m0/s1. The molecule has 9 heteroatoms. The molecule has 0 aromatic carbocycles. The van der Waals surface area contributed by atoms with E-state index in [0.29, 0.717) is 10.2 Å². The van der Waals surface area contributed by atoms with E-state index in [9.17, 15) is 19.1 Å². The summed E-state index contributed by atoms with van der Waals surface area (Å²) in [6, 6.07) is 1.71. The Kier molecular flexibility index (Phi) is 3.99. The molecule has 1 aliphatic heterocycles. The Bertz CT molecular complexity index is 875. The van der Waals surface area contributed by atoms with Crippen LogP contribution in [-0.4, -0.2) is 38.8 Å². The lowest BCUT2D eigenvalue weighted by Gasteiger charge is -2.45. The van der Waals surface area contributed by atoms with Gasteiger partial charge in [-0.1, -0.05) is 20.8 Å². The van der Waals surface area contributed by atoms with Gasteiger partial charge in [0.1, 0.15) is 22.2 Å². The zero-order chi connectivity index (χ0) is 17.9. The number of nitrogens with one attached hydrogen (secondary N) is 1. The summed E-state index contributed by atoms with van der Waals surface area (Å²) in [4.78, 5) is 32.5. The minimum absolute atomic E-state index is 0.0391. The van der Waals surface area contributed by atoms with Gasteiger partial charge in [0.2, 0.25) is 0 Å². The molecule has 1 aliphatic rings. The summed E-state index contributed by atoms with van der Waals surface area (Å²) in [5.41, 5.74) is -1.77. The minimum atomic E-state index is -1.31. The summed E-state index contributed by atoms with van der Waals surface area (Å²) in [5.74, 6) is 0.195. The van der Waals surface area contributed by atoms with Crippen molar-refractivity contribution in [3.05, 3.63) is 26.0 Å². The molecular weight excluding hydrogens is 401 g/mol. The van der Waals surface area contributed by atoms with Crippen molar-refractivity contribution in [3.63, 3.8) is 0 Å². The van der Waals surface area contributed by atoms with Gasteiger partial charge in [0.05, 0.1) is 15.8 Å². The van der Waals surface area contributed by atoms with Gasteiger partial charge in [0.25, 0.3) is 5.56 Å². The van der Waals surface area contributed by atoms with Crippen LogP contribution in [0.3, 0.4) is 0 Å². The molecule has 1 saturated heterocycles. The molecule has 0 saturated carbocycles. The maximum Gasteiger partial charge on any atom is 0.408 e. The number of rotatable bonds is 1. The summed E-state index contributed by atoms with van der Waals surface area (Å²) in [6.45, 7) is 5.25. The lowest BCUT2D eigenvalue weighted by molar-refractivity contribution is 0.0209. The quantitative estimate of drug-likeness (QED) is 0.740. The molecule has 3 rings (SSSR count). The van der Waals surface area contributed by atoms with E-state index in [-0.39, 0.29) is 24.3 Å². The molecule has 2 aromatic heterocycles. The third-order valence-corrected chi connectivity index (χ3v) is 6.20. The third-order valence-electron chi connectivity index (χ3n) is 4.57. The van der Waals surface area contributed by atoms with Gasteiger partial charge in [0.15, 0.2) is 0 Å². The fourth-order valence-corrected chi connectivity index (χ4v) is 4.91. The molecule has 3 heterocycles. The molecule has 1 amide bonds. The van der Waals surface area contributed by atoms with Crippen molar-refractivity contribution in [1.29, 1.82) is 0 Å². The van der Waals surface area contributed by atoms with Crippen LogP contribution in [0.2, 0.25) is 0 Å². The number of halogens is 2. The van der Waals surface area contributed by atoms with Crippen LogP contribution < -0.4 is 5.56 Å². The zero-order valence-corrected chi connectivity index (χ0v) is 15.8. The molecule has 0 radical (unpaired) electrons. The van der Waals surface area contributed by atoms with Crippen LogP contribution in [0.1, 0.15) is 33.0 Å². The summed E-state index contributed by atoms with van der Waals surface area (Å²) >= 11 is 4.58. The van der Waals surface area contributed by atoms with E-state index < -0.39 is 23.2 Å². The Labute approximate surface area is 149 Å². The molecular formula is C15H17BrFN3O3S. The van der Waals surface area contributed by atoms with Crippen LogP contribution in [0.4, 0.5) is 9.18 Å². The summed E-state index contributed by atoms with van der Waals surface area (Å²) in [7, 11) is 0. The number of hydrogen-bond acceptors (Lipinski definition) is 4. The number of carbonyl (C=O) groups is 1. The molecule has 2 aromatic rings. The fourth-order valence-electron chi connectivity index (χ4n) is 3.49. The van der Waals surface area contributed by atoms with Crippen LogP contribution in [0.5, 0.6) is 0 Å². The second kappa shape index (κ2) is 5.52. The Morgan fingerprint density at radius 1 is 1.58 bits per heavy atom. The van der Waals surface area contributed by atoms with Gasteiger partial charge in [-0.15, -0.1) is 11.3 Å². The number of thiophene rings is 1. The van der Waals surface area contributed by atoms with E-state index in [1.54, 1.807) is 6.07 Å². The molecule has 2 atom stereocenters. The second-order valence-corrected chi connectivity index (χ2v) is 9.42. The monoisotopic (exact) mass is 417 g/mol. The molecule has 1 fully saturated rings. The fraction of sp³-hybridized carbons (Fsp3) is 0.533. The number of nitrogens with zero attached hydrogens (tertiary/aromatic N) is 2.